The number of hydrogen-bond donors (Lipinski definition) is 2. The van der Waals surface area contributed by atoms with Gasteiger partial charge in [-0.05, 0) is 6.08 Å². The molecule has 0 aliphatic heterocycles. The lowest BCUT2D eigenvalue weighted by molar-refractivity contribution is -0.116. The van der Waals surface area contributed by atoms with Crippen molar-refractivity contribution in [3.05, 3.63) is 46.8 Å². The van der Waals surface area contributed by atoms with Crippen LogP contribution in [0.2, 0.25) is 25.1 Å². The predicted molar refractivity (Wildman–Crippen MR) is 95.0 cm³/mol. The first-order chi connectivity index (χ1) is 10.0. The van der Waals surface area contributed by atoms with E-state index in [-0.39, 0.29) is 46.3 Å². The maximum atomic E-state index is 9.80. The molecule has 10 heteroatoms. The highest BCUT2D eigenvalue weighted by Crippen LogP contribution is 2.50. The average Bonchev–Trinajstić information content (AvgIpc) is 2.47. The highest BCUT2D eigenvalue weighted by Gasteiger charge is 2.43. The molecule has 2 N–H and O–H groups in total. The molecule has 1 aliphatic rings. The van der Waals surface area contributed by atoms with Gasteiger partial charge in [-0.2, -0.15) is 0 Å². The van der Waals surface area contributed by atoms with Gasteiger partial charge in [0.2, 0.25) is 5.79 Å². The van der Waals surface area contributed by atoms with Crippen LogP contribution in [0, 0.1) is 0 Å². The average molecular weight is 464 g/mol. The van der Waals surface area contributed by atoms with E-state index in [9.17, 15) is 10.2 Å². The minimum atomic E-state index is -2.53. The van der Waals surface area contributed by atoms with Gasteiger partial charge in [-0.3, -0.25) is 0 Å². The zero-order valence-electron chi connectivity index (χ0n) is 10.1. The number of hydrogen-bond acceptors (Lipinski definition) is 2. The molecule has 0 amide bonds. The fraction of sp³-hybridized carbons (Fsp3) is 0.167. The minimum Gasteiger partial charge on any atom is -0.360 e. The van der Waals surface area contributed by atoms with E-state index in [4.69, 9.17) is 92.8 Å². The van der Waals surface area contributed by atoms with Crippen molar-refractivity contribution in [3.8, 4) is 0 Å². The second-order valence-electron chi connectivity index (χ2n) is 4.29. The summed E-state index contributed by atoms with van der Waals surface area (Å²) in [7, 11) is 0. The molecule has 120 valence electrons. The zero-order chi connectivity index (χ0) is 17.0. The first kappa shape index (κ1) is 19.3. The standard InChI is InChI=1S/C12H4Cl8O2/c13-3-1-2(5(14)11(20)12(3,21)22)4-6(15)8(17)10(19)9(18)7(4)16/h1,11,21-22H. The fourth-order valence-electron chi connectivity index (χ4n) is 1.77. The van der Waals surface area contributed by atoms with Crippen LogP contribution < -0.4 is 0 Å². The van der Waals surface area contributed by atoms with Crippen LogP contribution >= 0.6 is 92.8 Å². The third-order valence-corrected chi connectivity index (χ3v) is 6.65. The molecule has 2 rings (SSSR count). The number of allylic oxidation sites excluding steroid dienone is 2. The van der Waals surface area contributed by atoms with Crippen LogP contribution in [-0.4, -0.2) is 21.4 Å². The molecule has 2 nitrogen and oxygen atoms in total. The minimum absolute atomic E-state index is 0.0224. The molecule has 0 radical (unpaired) electrons. The zero-order valence-corrected chi connectivity index (χ0v) is 16.1. The van der Waals surface area contributed by atoms with Crippen molar-refractivity contribution >= 4 is 98.4 Å². The van der Waals surface area contributed by atoms with E-state index in [1.807, 2.05) is 0 Å². The Morgan fingerprint density at radius 3 is 1.64 bits per heavy atom. The molecule has 0 fully saturated rings. The number of benzene rings is 1. The van der Waals surface area contributed by atoms with E-state index in [1.54, 1.807) is 0 Å². The Hall–Kier alpha value is 0.940. The molecule has 0 spiro atoms. The van der Waals surface area contributed by atoms with Gasteiger partial charge in [-0.15, -0.1) is 11.6 Å². The highest BCUT2D eigenvalue weighted by atomic mass is 35.5. The summed E-state index contributed by atoms with van der Waals surface area (Å²) >= 11 is 48.0. The second kappa shape index (κ2) is 6.68. The van der Waals surface area contributed by atoms with Gasteiger partial charge >= 0.3 is 0 Å². The van der Waals surface area contributed by atoms with Crippen LogP contribution in [0.5, 0.6) is 0 Å². The van der Waals surface area contributed by atoms with Gasteiger partial charge in [-0.1, -0.05) is 81.2 Å². The van der Waals surface area contributed by atoms with Crippen LogP contribution in [0.3, 0.4) is 0 Å². The molecule has 1 aromatic carbocycles. The van der Waals surface area contributed by atoms with E-state index in [0.717, 1.165) is 6.08 Å². The van der Waals surface area contributed by atoms with Gasteiger partial charge in [-0.25, -0.2) is 0 Å². The summed E-state index contributed by atoms with van der Waals surface area (Å²) in [6.45, 7) is 0. The lowest BCUT2D eigenvalue weighted by Gasteiger charge is -2.31. The lowest BCUT2D eigenvalue weighted by atomic mass is 9.95. The molecule has 0 heterocycles. The van der Waals surface area contributed by atoms with Crippen LogP contribution in [-0.2, 0) is 0 Å². The summed E-state index contributed by atoms with van der Waals surface area (Å²) in [5, 5.41) is 17.5. The monoisotopic (exact) mass is 460 g/mol. The summed E-state index contributed by atoms with van der Waals surface area (Å²) in [6.07, 6.45) is 1.16. The van der Waals surface area contributed by atoms with E-state index in [0.29, 0.717) is 0 Å². The van der Waals surface area contributed by atoms with Crippen molar-refractivity contribution in [2.75, 3.05) is 0 Å². The molecule has 22 heavy (non-hydrogen) atoms. The second-order valence-corrected chi connectivity index (χ2v) is 7.43. The van der Waals surface area contributed by atoms with Gasteiger partial charge in [0.1, 0.15) is 5.38 Å². The predicted octanol–water partition coefficient (Wildman–Crippen LogP) is 6.33. The molecule has 1 atom stereocenters. The molecule has 0 saturated heterocycles. The molecular weight excluding hydrogens is 460 g/mol. The van der Waals surface area contributed by atoms with E-state index >= 15 is 0 Å². The Morgan fingerprint density at radius 1 is 0.773 bits per heavy atom. The van der Waals surface area contributed by atoms with Gasteiger partial charge in [0.15, 0.2) is 0 Å². The van der Waals surface area contributed by atoms with Crippen molar-refractivity contribution in [1.29, 1.82) is 0 Å². The largest absolute Gasteiger partial charge is 0.360 e. The van der Waals surface area contributed by atoms with Crippen molar-refractivity contribution in [2.45, 2.75) is 11.2 Å². The maximum absolute atomic E-state index is 9.80. The summed E-state index contributed by atoms with van der Waals surface area (Å²) in [4.78, 5) is 0. The summed E-state index contributed by atoms with van der Waals surface area (Å²) in [5.74, 6) is -2.53. The number of halogens is 8. The Kier molecular flexibility index (Phi) is 5.85. The smallest absolute Gasteiger partial charge is 0.222 e. The number of rotatable bonds is 1. The Labute approximate surface area is 165 Å². The normalized spacial score (nSPS) is 21.2. The summed E-state index contributed by atoms with van der Waals surface area (Å²) < 4.78 is 0. The highest BCUT2D eigenvalue weighted by molar-refractivity contribution is 6.56. The molecule has 0 aromatic heterocycles. The number of aliphatic hydroxyl groups is 2. The van der Waals surface area contributed by atoms with E-state index in [2.05, 4.69) is 0 Å². The van der Waals surface area contributed by atoms with Crippen molar-refractivity contribution < 1.29 is 10.2 Å². The van der Waals surface area contributed by atoms with Crippen LogP contribution in [0.1, 0.15) is 5.56 Å². The van der Waals surface area contributed by atoms with Crippen LogP contribution in [0.15, 0.2) is 16.1 Å². The molecule has 0 bridgehead atoms. The molecular formula is C12H4Cl8O2. The lowest BCUT2D eigenvalue weighted by Crippen LogP contribution is -2.41. The van der Waals surface area contributed by atoms with Gasteiger partial charge < -0.3 is 10.2 Å². The SMILES string of the molecule is OC1(O)C(Cl)=CC(c2c(Cl)c(Cl)c(Cl)c(Cl)c2Cl)=C(Cl)C1Cl. The number of alkyl halides is 1. The first-order valence-corrected chi connectivity index (χ1v) is 8.48. The Morgan fingerprint density at radius 2 is 1.18 bits per heavy atom. The summed E-state index contributed by atoms with van der Waals surface area (Å²) in [6, 6.07) is 0. The van der Waals surface area contributed by atoms with E-state index in [1.165, 1.54) is 0 Å². The molecule has 1 aromatic rings. The van der Waals surface area contributed by atoms with Gasteiger partial charge in [0.05, 0.1) is 30.1 Å². The Bertz CT molecular complexity index is 693. The third-order valence-electron chi connectivity index (χ3n) is 2.93. The van der Waals surface area contributed by atoms with Crippen LogP contribution in [0.4, 0.5) is 0 Å². The third kappa shape index (κ3) is 2.97. The molecule has 0 saturated carbocycles. The fourth-order valence-corrected chi connectivity index (χ4v) is 3.92. The molecule has 1 aliphatic carbocycles. The van der Waals surface area contributed by atoms with E-state index < -0.39 is 11.2 Å². The van der Waals surface area contributed by atoms with Crippen molar-refractivity contribution in [2.24, 2.45) is 0 Å². The topological polar surface area (TPSA) is 40.5 Å². The quantitative estimate of drug-likeness (QED) is 0.221. The maximum Gasteiger partial charge on any atom is 0.222 e. The molecule has 1 unspecified atom stereocenters. The first-order valence-electron chi connectivity index (χ1n) is 5.39. The van der Waals surface area contributed by atoms with Gasteiger partial charge in [0.25, 0.3) is 0 Å². The van der Waals surface area contributed by atoms with Crippen molar-refractivity contribution in [3.63, 3.8) is 0 Å². The van der Waals surface area contributed by atoms with Crippen LogP contribution in [0.25, 0.3) is 5.57 Å². The Balaban J connectivity index is 2.81. The summed E-state index contributed by atoms with van der Waals surface area (Å²) in [5.41, 5.74) is 0.285. The van der Waals surface area contributed by atoms with Crippen molar-refractivity contribution in [1.82, 2.24) is 0 Å². The van der Waals surface area contributed by atoms with Gasteiger partial charge in [0, 0.05) is 16.2 Å².